The van der Waals surface area contributed by atoms with Crippen LogP contribution in [0.1, 0.15) is 47.2 Å². The summed E-state index contributed by atoms with van der Waals surface area (Å²) in [6.07, 6.45) is 2.77. The van der Waals surface area contributed by atoms with Crippen LogP contribution in [0.3, 0.4) is 0 Å². The minimum atomic E-state index is -1.55. The van der Waals surface area contributed by atoms with Crippen molar-refractivity contribution in [3.8, 4) is 0 Å². The number of halogens is 1. The molecule has 7 rings (SSSR count). The van der Waals surface area contributed by atoms with Crippen molar-refractivity contribution in [1.82, 2.24) is 15.5 Å². The Hall–Kier alpha value is -5.59. The fourth-order valence-corrected chi connectivity index (χ4v) is 6.58. The number of carbonyl (C=O) groups is 5. The van der Waals surface area contributed by atoms with Crippen molar-refractivity contribution in [3.63, 3.8) is 0 Å². The third-order valence-electron chi connectivity index (χ3n) is 8.96. The highest BCUT2D eigenvalue weighted by atomic mass is 19.1. The highest BCUT2D eigenvalue weighted by Crippen LogP contribution is 2.34. The number of urea groups is 1. The number of nitrogens with one attached hydrogen (secondary N) is 3. The van der Waals surface area contributed by atoms with Crippen molar-refractivity contribution >= 4 is 46.8 Å². The molecule has 1 saturated carbocycles. The van der Waals surface area contributed by atoms with Crippen LogP contribution >= 0.6 is 0 Å². The zero-order chi connectivity index (χ0) is 33.8. The van der Waals surface area contributed by atoms with E-state index in [0.717, 1.165) is 25.7 Å². The Morgan fingerprint density at radius 2 is 1.54 bits per heavy atom. The van der Waals surface area contributed by atoms with Crippen LogP contribution < -0.4 is 20.9 Å². The molecule has 4 aliphatic rings. The molecule has 3 aromatic carbocycles. The Labute approximate surface area is 276 Å². The lowest BCUT2D eigenvalue weighted by molar-refractivity contribution is -0.135. The normalized spacial score (nSPS) is 20.1. The molecule has 2 bridgehead atoms. The van der Waals surface area contributed by atoms with E-state index in [-0.39, 0.29) is 35.0 Å². The van der Waals surface area contributed by atoms with E-state index in [2.05, 4.69) is 20.9 Å². The van der Waals surface area contributed by atoms with E-state index in [1.807, 2.05) is 4.90 Å². The number of carboxylic acid groups (broad SMARTS) is 1. The number of anilines is 2. The summed E-state index contributed by atoms with van der Waals surface area (Å²) in [5.41, 5.74) is 1.30. The van der Waals surface area contributed by atoms with Gasteiger partial charge in [0.25, 0.3) is 11.8 Å². The molecule has 3 aromatic rings. The van der Waals surface area contributed by atoms with Gasteiger partial charge in [-0.05, 0) is 73.9 Å². The smallest absolute Gasteiger partial charge is 0.322 e. The molecule has 0 unspecified atom stereocenters. The fraction of sp³-hybridized carbons (Fsp3) is 0.314. The number of hydrogen-bond donors (Lipinski definition) is 4. The van der Waals surface area contributed by atoms with Gasteiger partial charge in [0, 0.05) is 35.5 Å². The van der Waals surface area contributed by atoms with Gasteiger partial charge in [0.05, 0.1) is 11.4 Å². The molecule has 12 nitrogen and oxygen atoms in total. The summed E-state index contributed by atoms with van der Waals surface area (Å²) >= 11 is 0. The summed E-state index contributed by atoms with van der Waals surface area (Å²) in [6.45, 7) is 0.396. The Kier molecular flexibility index (Phi) is 9.46. The van der Waals surface area contributed by atoms with Gasteiger partial charge in [-0.15, -0.1) is 0 Å². The number of benzodiazepines with no additional fused rings is 1. The standard InChI is InChI=1S/C35H35FN6O6/c36-27-10-3-1-8-25(27)31-26-9-2-4-11-28(26)42(20-29(43)41-18-21-12-13-22(19-41)15-14-21)34(47)32(39-31)40-35(48)38-24-7-5-6-23(16-24)33(46)37-17-30(44)45/h1-11,16,21-22,32H,12-15,17-20H2,(H,37,46)(H,44,45)(H2,38,40,48)/t21?,22?,32-/m0/s1. The van der Waals surface area contributed by atoms with Gasteiger partial charge >= 0.3 is 12.0 Å². The molecule has 4 N–H and O–H groups in total. The number of hydrogen-bond acceptors (Lipinski definition) is 6. The van der Waals surface area contributed by atoms with E-state index in [0.29, 0.717) is 36.2 Å². The number of benzene rings is 3. The molecule has 2 saturated heterocycles. The van der Waals surface area contributed by atoms with Crippen molar-refractivity contribution in [2.75, 3.05) is 36.4 Å². The molecule has 3 heterocycles. The minimum absolute atomic E-state index is 0.0986. The Morgan fingerprint density at radius 1 is 0.875 bits per heavy atom. The molecule has 248 valence electrons. The van der Waals surface area contributed by atoms with Crippen LogP contribution in [0.2, 0.25) is 0 Å². The first-order valence-corrected chi connectivity index (χ1v) is 15.8. The second kappa shape index (κ2) is 14.0. The molecular weight excluding hydrogens is 619 g/mol. The highest BCUT2D eigenvalue weighted by molar-refractivity contribution is 6.21. The zero-order valence-electron chi connectivity index (χ0n) is 26.0. The number of aliphatic imine (C=N–C) groups is 1. The van der Waals surface area contributed by atoms with Crippen molar-refractivity contribution < 1.29 is 33.5 Å². The lowest BCUT2D eigenvalue weighted by Crippen LogP contribution is -2.51. The second-order valence-electron chi connectivity index (χ2n) is 12.2. The molecule has 3 aliphatic heterocycles. The Balaban J connectivity index is 1.30. The van der Waals surface area contributed by atoms with Gasteiger partial charge < -0.3 is 26.0 Å². The number of amides is 5. The van der Waals surface area contributed by atoms with E-state index >= 15 is 4.39 Å². The van der Waals surface area contributed by atoms with E-state index in [9.17, 15) is 24.0 Å². The topological polar surface area (TPSA) is 161 Å². The van der Waals surface area contributed by atoms with Crippen LogP contribution in [0, 0.1) is 17.7 Å². The van der Waals surface area contributed by atoms with Crippen molar-refractivity contribution in [2.24, 2.45) is 16.8 Å². The number of nitrogens with zero attached hydrogens (tertiary/aromatic N) is 3. The third kappa shape index (κ3) is 7.19. The average molecular weight is 655 g/mol. The van der Waals surface area contributed by atoms with E-state index in [1.165, 1.54) is 47.4 Å². The van der Waals surface area contributed by atoms with E-state index < -0.39 is 42.3 Å². The first-order valence-electron chi connectivity index (χ1n) is 15.8. The van der Waals surface area contributed by atoms with Crippen LogP contribution in [0.5, 0.6) is 0 Å². The van der Waals surface area contributed by atoms with Gasteiger partial charge in [-0.2, -0.15) is 0 Å². The summed E-state index contributed by atoms with van der Waals surface area (Å²) in [4.78, 5) is 72.3. The maximum Gasteiger partial charge on any atom is 0.322 e. The SMILES string of the molecule is O=C(O)CNC(=O)c1cccc(NC(=O)N[C@@H]2N=C(c3ccccc3F)c3ccccc3N(CC(=O)N3CC4CCC(CC4)C3)C2=O)c1. The molecular formula is C35H35FN6O6. The van der Waals surface area contributed by atoms with Crippen LogP contribution in [-0.4, -0.2) is 77.8 Å². The maximum absolute atomic E-state index is 15.2. The molecule has 5 amide bonds. The van der Waals surface area contributed by atoms with Crippen molar-refractivity contribution in [3.05, 3.63) is 95.3 Å². The summed E-state index contributed by atoms with van der Waals surface area (Å²) in [7, 11) is 0. The summed E-state index contributed by atoms with van der Waals surface area (Å²) in [6, 6.07) is 17.7. The molecule has 0 radical (unpaired) electrons. The van der Waals surface area contributed by atoms with Crippen LogP contribution in [-0.2, 0) is 14.4 Å². The van der Waals surface area contributed by atoms with Gasteiger partial charge in [-0.3, -0.25) is 24.1 Å². The quantitative estimate of drug-likeness (QED) is 0.290. The number of para-hydroxylation sites is 1. The third-order valence-corrected chi connectivity index (χ3v) is 8.96. The van der Waals surface area contributed by atoms with Gasteiger partial charge in [-0.25, -0.2) is 14.2 Å². The zero-order valence-corrected chi connectivity index (χ0v) is 26.0. The predicted molar refractivity (Wildman–Crippen MR) is 175 cm³/mol. The number of fused-ring (bicyclic) bond motifs is 5. The average Bonchev–Trinajstić information content (AvgIpc) is 3.47. The van der Waals surface area contributed by atoms with Gasteiger partial charge in [0.15, 0.2) is 0 Å². The number of carbonyl (C=O) groups excluding carboxylic acids is 4. The van der Waals surface area contributed by atoms with Gasteiger partial charge in [0.1, 0.15) is 18.9 Å². The molecule has 13 heteroatoms. The van der Waals surface area contributed by atoms with Crippen molar-refractivity contribution in [2.45, 2.75) is 31.8 Å². The van der Waals surface area contributed by atoms with Crippen molar-refractivity contribution in [1.29, 1.82) is 0 Å². The number of aliphatic carboxylic acids is 1. The second-order valence-corrected chi connectivity index (χ2v) is 12.2. The molecule has 0 aromatic heterocycles. The largest absolute Gasteiger partial charge is 0.480 e. The highest BCUT2D eigenvalue weighted by Gasteiger charge is 2.37. The Morgan fingerprint density at radius 3 is 2.23 bits per heavy atom. The van der Waals surface area contributed by atoms with Gasteiger partial charge in [0.2, 0.25) is 12.1 Å². The van der Waals surface area contributed by atoms with E-state index in [4.69, 9.17) is 5.11 Å². The molecule has 1 atom stereocenters. The first-order chi connectivity index (χ1) is 23.2. The Bertz CT molecular complexity index is 1770. The summed E-state index contributed by atoms with van der Waals surface area (Å²) in [5, 5.41) is 16.2. The lowest BCUT2D eigenvalue weighted by atomic mass is 9.84. The first kappa shape index (κ1) is 32.4. The van der Waals surface area contributed by atoms with E-state index in [1.54, 1.807) is 30.3 Å². The minimum Gasteiger partial charge on any atom is -0.480 e. The molecule has 3 fully saturated rings. The monoisotopic (exact) mass is 654 g/mol. The predicted octanol–water partition coefficient (Wildman–Crippen LogP) is 3.62. The van der Waals surface area contributed by atoms with Crippen LogP contribution in [0.15, 0.2) is 77.8 Å². The molecule has 0 spiro atoms. The number of carboxylic acids is 1. The number of rotatable bonds is 8. The maximum atomic E-state index is 15.2. The van der Waals surface area contributed by atoms with Crippen LogP contribution in [0.25, 0.3) is 0 Å². The molecule has 48 heavy (non-hydrogen) atoms. The lowest BCUT2D eigenvalue weighted by Gasteiger charge is -2.29. The summed E-state index contributed by atoms with van der Waals surface area (Å²) < 4.78 is 15.2. The molecule has 1 aliphatic carbocycles. The summed E-state index contributed by atoms with van der Waals surface area (Å²) in [5.74, 6) is -2.49. The fourth-order valence-electron chi connectivity index (χ4n) is 6.58. The van der Waals surface area contributed by atoms with Gasteiger partial charge in [-0.1, -0.05) is 36.4 Å². The van der Waals surface area contributed by atoms with Crippen LogP contribution in [0.4, 0.5) is 20.6 Å².